The summed E-state index contributed by atoms with van der Waals surface area (Å²) in [6, 6.07) is 11.3. The molecule has 0 unspecified atom stereocenters. The van der Waals surface area contributed by atoms with Crippen LogP contribution in [0.2, 0.25) is 5.02 Å². The van der Waals surface area contributed by atoms with Gasteiger partial charge in [-0.25, -0.2) is 0 Å². The van der Waals surface area contributed by atoms with Gasteiger partial charge < -0.3 is 4.90 Å². The lowest BCUT2D eigenvalue weighted by atomic mass is 9.90. The summed E-state index contributed by atoms with van der Waals surface area (Å²) >= 11 is 5.95. The largest absolute Gasteiger partial charge is 0.339 e. The van der Waals surface area contributed by atoms with Gasteiger partial charge in [0, 0.05) is 36.1 Å². The molecule has 0 atom stereocenters. The van der Waals surface area contributed by atoms with Gasteiger partial charge in [0.15, 0.2) is 0 Å². The minimum atomic E-state index is 0.0747. The van der Waals surface area contributed by atoms with E-state index in [1.54, 1.807) is 12.1 Å². The molecule has 21 heavy (non-hydrogen) atoms. The summed E-state index contributed by atoms with van der Waals surface area (Å²) in [6.45, 7) is 1.58. The molecule has 1 aliphatic rings. The van der Waals surface area contributed by atoms with Gasteiger partial charge in [-0.05, 0) is 54.7 Å². The number of halogens is 1. The van der Waals surface area contributed by atoms with E-state index in [0.717, 1.165) is 25.9 Å². The van der Waals surface area contributed by atoms with Gasteiger partial charge in [-0.1, -0.05) is 17.7 Å². The zero-order chi connectivity index (χ0) is 14.7. The van der Waals surface area contributed by atoms with E-state index in [4.69, 9.17) is 11.6 Å². The number of rotatable bonds is 2. The first-order chi connectivity index (χ1) is 10.2. The molecular formula is C17H17ClN2O. The van der Waals surface area contributed by atoms with E-state index in [0.29, 0.717) is 16.5 Å². The summed E-state index contributed by atoms with van der Waals surface area (Å²) in [5, 5.41) is 0.604. The smallest absolute Gasteiger partial charge is 0.253 e. The quantitative estimate of drug-likeness (QED) is 0.846. The Morgan fingerprint density at radius 1 is 1.14 bits per heavy atom. The standard InChI is InChI=1S/C17H17ClN2O/c18-16-3-1-2-15(12-16)17(21)20-10-6-14(7-11-20)13-4-8-19-9-5-13/h1-5,8-9,12,14H,6-7,10-11H2. The molecule has 0 N–H and O–H groups in total. The molecule has 0 spiro atoms. The molecule has 1 aromatic heterocycles. The Kier molecular flexibility index (Phi) is 4.20. The predicted molar refractivity (Wildman–Crippen MR) is 83.6 cm³/mol. The van der Waals surface area contributed by atoms with Crippen molar-refractivity contribution in [1.29, 1.82) is 0 Å². The molecule has 2 heterocycles. The Morgan fingerprint density at radius 3 is 2.52 bits per heavy atom. The Bertz CT molecular complexity index is 622. The van der Waals surface area contributed by atoms with E-state index in [1.165, 1.54) is 5.56 Å². The third-order valence-electron chi connectivity index (χ3n) is 4.03. The van der Waals surface area contributed by atoms with Crippen LogP contribution in [0.5, 0.6) is 0 Å². The van der Waals surface area contributed by atoms with Gasteiger partial charge in [0.05, 0.1) is 0 Å². The monoisotopic (exact) mass is 300 g/mol. The van der Waals surface area contributed by atoms with Gasteiger partial charge in [-0.15, -0.1) is 0 Å². The highest BCUT2D eigenvalue weighted by molar-refractivity contribution is 6.30. The molecule has 4 heteroatoms. The number of benzene rings is 1. The minimum Gasteiger partial charge on any atom is -0.339 e. The zero-order valence-corrected chi connectivity index (χ0v) is 12.5. The van der Waals surface area contributed by atoms with Crippen molar-refractivity contribution in [3.8, 4) is 0 Å². The Hall–Kier alpha value is -1.87. The lowest BCUT2D eigenvalue weighted by molar-refractivity contribution is 0.0713. The normalized spacial score (nSPS) is 16.0. The average Bonchev–Trinajstić information content (AvgIpc) is 2.55. The maximum absolute atomic E-state index is 12.5. The number of hydrogen-bond acceptors (Lipinski definition) is 2. The van der Waals surface area contributed by atoms with E-state index in [2.05, 4.69) is 17.1 Å². The molecule has 1 aliphatic heterocycles. The lowest BCUT2D eigenvalue weighted by Crippen LogP contribution is -2.37. The third kappa shape index (κ3) is 3.24. The number of aromatic nitrogens is 1. The summed E-state index contributed by atoms with van der Waals surface area (Å²) in [6.07, 6.45) is 5.66. The van der Waals surface area contributed by atoms with Crippen LogP contribution in [0.4, 0.5) is 0 Å². The Labute approximate surface area is 129 Å². The molecule has 0 aliphatic carbocycles. The number of piperidine rings is 1. The molecule has 108 valence electrons. The van der Waals surface area contributed by atoms with E-state index < -0.39 is 0 Å². The van der Waals surface area contributed by atoms with Crippen LogP contribution in [0.3, 0.4) is 0 Å². The van der Waals surface area contributed by atoms with E-state index in [9.17, 15) is 4.79 Å². The van der Waals surface area contributed by atoms with Crippen LogP contribution in [0.25, 0.3) is 0 Å². The summed E-state index contributed by atoms with van der Waals surface area (Å²) in [7, 11) is 0. The summed E-state index contributed by atoms with van der Waals surface area (Å²) in [4.78, 5) is 18.4. The Balaban J connectivity index is 1.64. The number of carbonyl (C=O) groups is 1. The second kappa shape index (κ2) is 6.27. The van der Waals surface area contributed by atoms with Crippen molar-refractivity contribution in [1.82, 2.24) is 9.88 Å². The van der Waals surface area contributed by atoms with Crippen molar-refractivity contribution in [2.24, 2.45) is 0 Å². The highest BCUT2D eigenvalue weighted by Gasteiger charge is 2.24. The average molecular weight is 301 g/mol. The second-order valence-corrected chi connectivity index (χ2v) is 5.79. The number of nitrogens with zero attached hydrogens (tertiary/aromatic N) is 2. The number of likely N-dealkylation sites (tertiary alicyclic amines) is 1. The fraction of sp³-hybridized carbons (Fsp3) is 0.294. The SMILES string of the molecule is O=C(c1cccc(Cl)c1)N1CCC(c2ccncc2)CC1. The van der Waals surface area contributed by atoms with Crippen molar-refractivity contribution in [2.45, 2.75) is 18.8 Å². The molecule has 0 bridgehead atoms. The van der Waals surface area contributed by atoms with Crippen molar-refractivity contribution >= 4 is 17.5 Å². The third-order valence-corrected chi connectivity index (χ3v) is 4.27. The van der Waals surface area contributed by atoms with Gasteiger partial charge in [0.1, 0.15) is 0 Å². The van der Waals surface area contributed by atoms with Crippen LogP contribution in [-0.2, 0) is 0 Å². The topological polar surface area (TPSA) is 33.2 Å². The lowest BCUT2D eigenvalue weighted by Gasteiger charge is -2.32. The van der Waals surface area contributed by atoms with Crippen LogP contribution < -0.4 is 0 Å². The van der Waals surface area contributed by atoms with Crippen LogP contribution >= 0.6 is 11.6 Å². The first-order valence-corrected chi connectivity index (χ1v) is 7.56. The fourth-order valence-electron chi connectivity index (χ4n) is 2.86. The highest BCUT2D eigenvalue weighted by atomic mass is 35.5. The number of amides is 1. The Morgan fingerprint density at radius 2 is 1.86 bits per heavy atom. The summed E-state index contributed by atoms with van der Waals surface area (Å²) in [5.41, 5.74) is 1.99. The minimum absolute atomic E-state index is 0.0747. The molecule has 3 rings (SSSR count). The van der Waals surface area contributed by atoms with E-state index in [1.807, 2.05) is 29.4 Å². The number of pyridine rings is 1. The van der Waals surface area contributed by atoms with Crippen LogP contribution in [0, 0.1) is 0 Å². The van der Waals surface area contributed by atoms with Gasteiger partial charge >= 0.3 is 0 Å². The van der Waals surface area contributed by atoms with E-state index in [-0.39, 0.29) is 5.91 Å². The molecule has 0 saturated carbocycles. The molecule has 1 amide bonds. The maximum Gasteiger partial charge on any atom is 0.253 e. The van der Waals surface area contributed by atoms with Crippen molar-refractivity contribution < 1.29 is 4.79 Å². The van der Waals surface area contributed by atoms with Crippen LogP contribution in [0.1, 0.15) is 34.7 Å². The number of hydrogen-bond donors (Lipinski definition) is 0. The first kappa shape index (κ1) is 14.1. The van der Waals surface area contributed by atoms with Crippen LogP contribution in [0.15, 0.2) is 48.8 Å². The molecular weight excluding hydrogens is 284 g/mol. The van der Waals surface area contributed by atoms with Crippen molar-refractivity contribution in [3.63, 3.8) is 0 Å². The van der Waals surface area contributed by atoms with E-state index >= 15 is 0 Å². The van der Waals surface area contributed by atoms with Gasteiger partial charge in [0.25, 0.3) is 5.91 Å². The van der Waals surface area contributed by atoms with Gasteiger partial charge in [-0.3, -0.25) is 9.78 Å². The zero-order valence-electron chi connectivity index (χ0n) is 11.7. The summed E-state index contributed by atoms with van der Waals surface area (Å²) < 4.78 is 0. The maximum atomic E-state index is 12.5. The molecule has 1 saturated heterocycles. The number of carbonyl (C=O) groups excluding carboxylic acids is 1. The second-order valence-electron chi connectivity index (χ2n) is 5.36. The molecule has 1 fully saturated rings. The van der Waals surface area contributed by atoms with Gasteiger partial charge in [0.2, 0.25) is 0 Å². The summed E-state index contributed by atoms with van der Waals surface area (Å²) in [5.74, 6) is 0.599. The fourth-order valence-corrected chi connectivity index (χ4v) is 3.05. The van der Waals surface area contributed by atoms with Gasteiger partial charge in [-0.2, -0.15) is 0 Å². The van der Waals surface area contributed by atoms with Crippen LogP contribution in [-0.4, -0.2) is 28.9 Å². The van der Waals surface area contributed by atoms with Crippen molar-refractivity contribution in [3.05, 3.63) is 64.9 Å². The highest BCUT2D eigenvalue weighted by Crippen LogP contribution is 2.28. The molecule has 1 aromatic carbocycles. The molecule has 2 aromatic rings. The predicted octanol–water partition coefficient (Wildman–Crippen LogP) is 3.75. The molecule has 0 radical (unpaired) electrons. The first-order valence-electron chi connectivity index (χ1n) is 7.19. The molecule has 3 nitrogen and oxygen atoms in total. The van der Waals surface area contributed by atoms with Crippen molar-refractivity contribution in [2.75, 3.05) is 13.1 Å².